The molecule has 0 aromatic rings. The minimum atomic E-state index is -1.55. The Labute approximate surface area is 126 Å². The third-order valence-corrected chi connectivity index (χ3v) is 4.03. The van der Waals surface area contributed by atoms with Gasteiger partial charge in [-0.15, -0.1) is 0 Å². The Morgan fingerprint density at radius 1 is 0.909 bits per heavy atom. The molecule has 2 fully saturated rings. The average molecular weight is 325 g/mol. The Kier molecular flexibility index (Phi) is 6.07. The third kappa shape index (κ3) is 3.57. The van der Waals surface area contributed by atoms with Crippen molar-refractivity contribution in [3.63, 3.8) is 0 Å². The first-order valence-electron chi connectivity index (χ1n) is 7.06. The van der Waals surface area contributed by atoms with Crippen LogP contribution in [0.5, 0.6) is 0 Å². The summed E-state index contributed by atoms with van der Waals surface area (Å²) in [5.74, 6) is 0. The van der Waals surface area contributed by atoms with Gasteiger partial charge in [-0.2, -0.15) is 0 Å². The molecule has 0 aromatic heterocycles. The van der Waals surface area contributed by atoms with Gasteiger partial charge < -0.3 is 50.5 Å². The molecule has 0 aliphatic carbocycles. The molecule has 22 heavy (non-hydrogen) atoms. The summed E-state index contributed by atoms with van der Waals surface area (Å²) < 4.78 is 10.4. The van der Waals surface area contributed by atoms with Gasteiger partial charge in [-0.3, -0.25) is 0 Å². The van der Waals surface area contributed by atoms with Crippen molar-refractivity contribution in [1.82, 2.24) is 5.32 Å². The SMILES string of the molecule is OCC1OC(OCC2NCC(O)C(O)C2O)C(O)C(O)C1O. The summed E-state index contributed by atoms with van der Waals surface area (Å²) in [4.78, 5) is 0. The molecule has 2 aliphatic heterocycles. The number of piperidine rings is 1. The van der Waals surface area contributed by atoms with E-state index in [0.717, 1.165) is 0 Å². The van der Waals surface area contributed by atoms with E-state index in [0.29, 0.717) is 0 Å². The van der Waals surface area contributed by atoms with E-state index in [1.54, 1.807) is 0 Å². The summed E-state index contributed by atoms with van der Waals surface area (Å²) in [6.07, 6.45) is -10.7. The highest BCUT2D eigenvalue weighted by molar-refractivity contribution is 4.93. The van der Waals surface area contributed by atoms with E-state index in [1.165, 1.54) is 0 Å². The van der Waals surface area contributed by atoms with Crippen molar-refractivity contribution in [2.24, 2.45) is 0 Å². The highest BCUT2D eigenvalue weighted by Gasteiger charge is 2.45. The molecule has 2 heterocycles. The second-order valence-corrected chi connectivity index (χ2v) is 5.59. The lowest BCUT2D eigenvalue weighted by molar-refractivity contribution is -0.303. The van der Waals surface area contributed by atoms with Crippen molar-refractivity contribution in [3.05, 3.63) is 0 Å². The van der Waals surface area contributed by atoms with Crippen LogP contribution < -0.4 is 5.32 Å². The quantitative estimate of drug-likeness (QED) is 0.250. The van der Waals surface area contributed by atoms with E-state index in [-0.39, 0.29) is 13.2 Å². The zero-order valence-electron chi connectivity index (χ0n) is 11.8. The number of aliphatic hydroxyl groups excluding tert-OH is 7. The molecule has 8 N–H and O–H groups in total. The number of ether oxygens (including phenoxy) is 2. The lowest BCUT2D eigenvalue weighted by Crippen LogP contribution is -2.63. The fraction of sp³-hybridized carbons (Fsp3) is 1.00. The molecule has 2 rings (SSSR count). The number of hydrogen-bond donors (Lipinski definition) is 8. The van der Waals surface area contributed by atoms with Gasteiger partial charge in [0, 0.05) is 6.54 Å². The first kappa shape index (κ1) is 17.9. The molecule has 2 aliphatic rings. The summed E-state index contributed by atoms with van der Waals surface area (Å²) in [5.41, 5.74) is 0. The van der Waals surface area contributed by atoms with Crippen LogP contribution in [-0.4, -0.2) is 111 Å². The van der Waals surface area contributed by atoms with Gasteiger partial charge >= 0.3 is 0 Å². The molecule has 10 heteroatoms. The van der Waals surface area contributed by atoms with Gasteiger partial charge in [0.05, 0.1) is 31.5 Å². The summed E-state index contributed by atoms with van der Waals surface area (Å²) in [6, 6.07) is -0.717. The largest absolute Gasteiger partial charge is 0.394 e. The van der Waals surface area contributed by atoms with Gasteiger partial charge in [0.15, 0.2) is 6.29 Å². The first-order chi connectivity index (χ1) is 10.4. The van der Waals surface area contributed by atoms with Crippen LogP contribution in [0.4, 0.5) is 0 Å². The smallest absolute Gasteiger partial charge is 0.186 e. The molecule has 0 saturated carbocycles. The zero-order chi connectivity index (χ0) is 16.4. The summed E-state index contributed by atoms with van der Waals surface area (Å²) >= 11 is 0. The Balaban J connectivity index is 1.90. The van der Waals surface area contributed by atoms with Gasteiger partial charge in [-0.05, 0) is 0 Å². The average Bonchev–Trinajstić information content (AvgIpc) is 2.51. The summed E-state index contributed by atoms with van der Waals surface area (Å²) in [6.45, 7) is -0.700. The molecule has 0 amide bonds. The minimum absolute atomic E-state index is 0.0565. The molecule has 10 nitrogen and oxygen atoms in total. The van der Waals surface area contributed by atoms with Crippen molar-refractivity contribution < 1.29 is 45.2 Å². The van der Waals surface area contributed by atoms with Gasteiger partial charge in [-0.1, -0.05) is 0 Å². The molecular formula is C12H23NO9. The maximum atomic E-state index is 9.81. The number of hydrogen-bond acceptors (Lipinski definition) is 10. The normalized spacial score (nSPS) is 50.0. The van der Waals surface area contributed by atoms with Crippen molar-refractivity contribution in [2.75, 3.05) is 19.8 Å². The van der Waals surface area contributed by atoms with E-state index in [9.17, 15) is 30.6 Å². The van der Waals surface area contributed by atoms with Crippen LogP contribution in [0.15, 0.2) is 0 Å². The lowest BCUT2D eigenvalue weighted by Gasteiger charge is -2.41. The topological polar surface area (TPSA) is 172 Å². The van der Waals surface area contributed by atoms with Crippen molar-refractivity contribution in [2.45, 2.75) is 55.1 Å². The number of β-amino-alcohol motifs (C(OH)–C–C–N with tert-alkyl or cyclic N) is 1. The van der Waals surface area contributed by atoms with E-state index >= 15 is 0 Å². The second-order valence-electron chi connectivity index (χ2n) is 5.59. The first-order valence-corrected chi connectivity index (χ1v) is 7.06. The van der Waals surface area contributed by atoms with Crippen LogP contribution >= 0.6 is 0 Å². The molecule has 0 radical (unpaired) electrons. The van der Waals surface area contributed by atoms with E-state index in [2.05, 4.69) is 5.32 Å². The Bertz CT molecular complexity index is 357. The predicted molar refractivity (Wildman–Crippen MR) is 69.5 cm³/mol. The van der Waals surface area contributed by atoms with Crippen molar-refractivity contribution >= 4 is 0 Å². The monoisotopic (exact) mass is 325 g/mol. The minimum Gasteiger partial charge on any atom is -0.394 e. The van der Waals surface area contributed by atoms with Crippen LogP contribution in [0.2, 0.25) is 0 Å². The van der Waals surface area contributed by atoms with Crippen LogP contribution in [0.1, 0.15) is 0 Å². The molecule has 130 valence electrons. The highest BCUT2D eigenvalue weighted by atomic mass is 16.7. The van der Waals surface area contributed by atoms with E-state index < -0.39 is 61.7 Å². The van der Waals surface area contributed by atoms with Crippen molar-refractivity contribution in [1.29, 1.82) is 0 Å². The molecule has 0 aromatic carbocycles. The maximum Gasteiger partial charge on any atom is 0.186 e. The van der Waals surface area contributed by atoms with Crippen LogP contribution in [0.25, 0.3) is 0 Å². The number of rotatable bonds is 4. The Hall–Kier alpha value is -0.400. The van der Waals surface area contributed by atoms with Crippen LogP contribution in [-0.2, 0) is 9.47 Å². The van der Waals surface area contributed by atoms with Crippen LogP contribution in [0.3, 0.4) is 0 Å². The predicted octanol–water partition coefficient (Wildman–Crippen LogP) is -5.14. The molecular weight excluding hydrogens is 302 g/mol. The van der Waals surface area contributed by atoms with Crippen LogP contribution in [0, 0.1) is 0 Å². The number of aliphatic hydroxyl groups is 7. The summed E-state index contributed by atoms with van der Waals surface area (Å²) in [5, 5.41) is 69.7. The standard InChI is InChI=1S/C12H23NO9/c14-2-6-9(18)10(19)11(20)12(22-6)21-3-4-7(16)8(17)5(15)1-13-4/h4-20H,1-3H2. The van der Waals surface area contributed by atoms with Gasteiger partial charge in [0.25, 0.3) is 0 Å². The maximum absolute atomic E-state index is 9.81. The second kappa shape index (κ2) is 7.45. The number of nitrogens with one attached hydrogen (secondary N) is 1. The van der Waals surface area contributed by atoms with Crippen molar-refractivity contribution in [3.8, 4) is 0 Å². The lowest BCUT2D eigenvalue weighted by atomic mass is 9.96. The van der Waals surface area contributed by atoms with Gasteiger partial charge in [0.2, 0.25) is 0 Å². The molecule has 0 bridgehead atoms. The third-order valence-electron chi connectivity index (χ3n) is 4.03. The molecule has 9 unspecified atom stereocenters. The Morgan fingerprint density at radius 3 is 2.23 bits per heavy atom. The Morgan fingerprint density at radius 2 is 1.59 bits per heavy atom. The fourth-order valence-corrected chi connectivity index (χ4v) is 2.54. The van der Waals surface area contributed by atoms with Gasteiger partial charge in [0.1, 0.15) is 30.5 Å². The highest BCUT2D eigenvalue weighted by Crippen LogP contribution is 2.22. The molecule has 2 saturated heterocycles. The van der Waals surface area contributed by atoms with E-state index in [1.807, 2.05) is 0 Å². The zero-order valence-corrected chi connectivity index (χ0v) is 11.8. The van der Waals surface area contributed by atoms with E-state index in [4.69, 9.17) is 14.6 Å². The molecule has 0 spiro atoms. The van der Waals surface area contributed by atoms with Gasteiger partial charge in [-0.25, -0.2) is 0 Å². The molecule has 9 atom stereocenters. The summed E-state index contributed by atoms with van der Waals surface area (Å²) in [7, 11) is 0. The fourth-order valence-electron chi connectivity index (χ4n) is 2.54.